The molecule has 0 aliphatic carbocycles. The number of nitrogens with zero attached hydrogens (tertiary/aromatic N) is 1. The van der Waals surface area contributed by atoms with Gasteiger partial charge in [0.15, 0.2) is 0 Å². The maximum Gasteiger partial charge on any atom is 0.318 e. The summed E-state index contributed by atoms with van der Waals surface area (Å²) in [6.07, 6.45) is 1.30. The van der Waals surface area contributed by atoms with Gasteiger partial charge in [-0.2, -0.15) is 0 Å². The zero-order chi connectivity index (χ0) is 16.3. The van der Waals surface area contributed by atoms with Crippen LogP contribution in [0, 0.1) is 0 Å². The number of hydrogen-bond donors (Lipinski definition) is 2. The van der Waals surface area contributed by atoms with Crippen molar-refractivity contribution < 1.29 is 24.2 Å². The molecule has 0 aromatic heterocycles. The van der Waals surface area contributed by atoms with Crippen LogP contribution < -0.4 is 5.32 Å². The highest BCUT2D eigenvalue weighted by atomic mass is 16.5. The van der Waals surface area contributed by atoms with E-state index in [1.165, 1.54) is 0 Å². The van der Waals surface area contributed by atoms with Crippen LogP contribution in [0.25, 0.3) is 0 Å². The first-order chi connectivity index (χ1) is 9.92. The molecule has 2 N–H and O–H groups in total. The van der Waals surface area contributed by atoms with Crippen molar-refractivity contribution in [3.05, 3.63) is 0 Å². The predicted octanol–water partition coefficient (Wildman–Crippen LogP) is 1.32. The van der Waals surface area contributed by atoms with Gasteiger partial charge in [-0.15, -0.1) is 0 Å². The molecular weight excluding hydrogens is 276 g/mol. The molecule has 0 aromatic rings. The largest absolute Gasteiger partial charge is 0.481 e. The highest BCUT2D eigenvalue weighted by molar-refractivity contribution is 5.74. The van der Waals surface area contributed by atoms with Crippen LogP contribution in [0.1, 0.15) is 33.1 Å². The van der Waals surface area contributed by atoms with Crippen molar-refractivity contribution >= 4 is 12.0 Å². The summed E-state index contributed by atoms with van der Waals surface area (Å²) in [5, 5.41) is 11.5. The summed E-state index contributed by atoms with van der Waals surface area (Å²) in [5.41, 5.74) is 0. The maximum absolute atomic E-state index is 12.3. The lowest BCUT2D eigenvalue weighted by molar-refractivity contribution is -0.137. The first-order valence-electron chi connectivity index (χ1n) is 7.19. The van der Waals surface area contributed by atoms with Gasteiger partial charge in [0, 0.05) is 33.2 Å². The number of carbonyl (C=O) groups is 2. The van der Waals surface area contributed by atoms with Gasteiger partial charge in [0.05, 0.1) is 19.3 Å². The Labute approximate surface area is 126 Å². The van der Waals surface area contributed by atoms with E-state index in [0.717, 1.165) is 0 Å². The standard InChI is InChI=1S/C14H28N2O5/c1-11(6-5-7-13(17)18)15-14(19)16(8-9-20-3)12(2)10-21-4/h11-12H,5-10H2,1-4H3,(H,15,19)(H,17,18). The molecule has 2 atom stereocenters. The third-order valence-electron chi connectivity index (χ3n) is 3.13. The Kier molecular flexibility index (Phi) is 10.6. The average Bonchev–Trinajstić information content (AvgIpc) is 2.38. The van der Waals surface area contributed by atoms with Gasteiger partial charge in [0.2, 0.25) is 0 Å². The predicted molar refractivity (Wildman–Crippen MR) is 79.4 cm³/mol. The summed E-state index contributed by atoms with van der Waals surface area (Å²) in [5.74, 6) is -0.816. The molecule has 0 rings (SSSR count). The lowest BCUT2D eigenvalue weighted by Crippen LogP contribution is -2.50. The lowest BCUT2D eigenvalue weighted by Gasteiger charge is -2.30. The second kappa shape index (κ2) is 11.3. The molecule has 2 amide bonds. The van der Waals surface area contributed by atoms with Crippen molar-refractivity contribution in [1.29, 1.82) is 0 Å². The highest BCUT2D eigenvalue weighted by Gasteiger charge is 2.21. The molecule has 0 radical (unpaired) electrons. The number of aliphatic carboxylic acids is 1. The van der Waals surface area contributed by atoms with Gasteiger partial charge in [-0.05, 0) is 26.7 Å². The van der Waals surface area contributed by atoms with Gasteiger partial charge in [-0.3, -0.25) is 4.79 Å². The molecule has 124 valence electrons. The maximum atomic E-state index is 12.3. The fraction of sp³-hybridized carbons (Fsp3) is 0.857. The number of hydrogen-bond acceptors (Lipinski definition) is 4. The highest BCUT2D eigenvalue weighted by Crippen LogP contribution is 2.05. The summed E-state index contributed by atoms with van der Waals surface area (Å²) in [7, 11) is 3.18. The number of carboxylic acids is 1. The zero-order valence-electron chi connectivity index (χ0n) is 13.4. The van der Waals surface area contributed by atoms with Crippen LogP contribution in [-0.2, 0) is 14.3 Å². The Bertz CT molecular complexity index is 312. The lowest BCUT2D eigenvalue weighted by atomic mass is 10.1. The van der Waals surface area contributed by atoms with E-state index in [4.69, 9.17) is 14.6 Å². The Morgan fingerprint density at radius 3 is 2.43 bits per heavy atom. The van der Waals surface area contributed by atoms with Crippen LogP contribution >= 0.6 is 0 Å². The number of urea groups is 1. The fourth-order valence-corrected chi connectivity index (χ4v) is 1.97. The summed E-state index contributed by atoms with van der Waals surface area (Å²) >= 11 is 0. The number of carbonyl (C=O) groups excluding carboxylic acids is 1. The smallest absolute Gasteiger partial charge is 0.318 e. The van der Waals surface area contributed by atoms with Crippen LogP contribution in [-0.4, -0.2) is 68.1 Å². The second-order valence-electron chi connectivity index (χ2n) is 5.13. The van der Waals surface area contributed by atoms with Crippen molar-refractivity contribution in [3.63, 3.8) is 0 Å². The Morgan fingerprint density at radius 2 is 1.90 bits per heavy atom. The van der Waals surface area contributed by atoms with Crippen LogP contribution in [0.15, 0.2) is 0 Å². The van der Waals surface area contributed by atoms with Gasteiger partial charge in [-0.1, -0.05) is 0 Å². The number of carboxylic acid groups (broad SMARTS) is 1. The van der Waals surface area contributed by atoms with E-state index in [2.05, 4.69) is 5.32 Å². The zero-order valence-corrected chi connectivity index (χ0v) is 13.4. The van der Waals surface area contributed by atoms with E-state index in [1.807, 2.05) is 13.8 Å². The van der Waals surface area contributed by atoms with Crippen molar-refractivity contribution in [2.45, 2.75) is 45.2 Å². The number of rotatable bonds is 11. The van der Waals surface area contributed by atoms with Gasteiger partial charge >= 0.3 is 12.0 Å². The second-order valence-corrected chi connectivity index (χ2v) is 5.13. The van der Waals surface area contributed by atoms with E-state index in [-0.39, 0.29) is 24.5 Å². The monoisotopic (exact) mass is 304 g/mol. The normalized spacial score (nSPS) is 13.5. The molecule has 0 fully saturated rings. The third-order valence-corrected chi connectivity index (χ3v) is 3.13. The Hall–Kier alpha value is -1.34. The summed E-state index contributed by atoms with van der Waals surface area (Å²) in [6, 6.07) is -0.313. The van der Waals surface area contributed by atoms with Crippen molar-refractivity contribution in [2.24, 2.45) is 0 Å². The van der Waals surface area contributed by atoms with Gasteiger partial charge < -0.3 is 24.8 Å². The molecule has 0 saturated carbocycles. The Morgan fingerprint density at radius 1 is 1.24 bits per heavy atom. The van der Waals surface area contributed by atoms with Gasteiger partial charge in [0.25, 0.3) is 0 Å². The number of nitrogens with one attached hydrogen (secondary N) is 1. The quantitative estimate of drug-likeness (QED) is 0.601. The van der Waals surface area contributed by atoms with Crippen LogP contribution in [0.4, 0.5) is 4.79 Å². The molecule has 0 spiro atoms. The molecule has 2 unspecified atom stereocenters. The topological polar surface area (TPSA) is 88.1 Å². The molecule has 0 heterocycles. The van der Waals surface area contributed by atoms with E-state index in [1.54, 1.807) is 19.1 Å². The van der Waals surface area contributed by atoms with Crippen LogP contribution in [0.2, 0.25) is 0 Å². The van der Waals surface area contributed by atoms with Crippen LogP contribution in [0.3, 0.4) is 0 Å². The minimum absolute atomic E-state index is 0.0589. The fourth-order valence-electron chi connectivity index (χ4n) is 1.97. The third kappa shape index (κ3) is 9.25. The molecule has 7 nitrogen and oxygen atoms in total. The van der Waals surface area contributed by atoms with Gasteiger partial charge in [-0.25, -0.2) is 4.79 Å². The van der Waals surface area contributed by atoms with Crippen molar-refractivity contribution in [2.75, 3.05) is 34.0 Å². The Balaban J connectivity index is 4.33. The average molecular weight is 304 g/mol. The minimum atomic E-state index is -0.816. The molecule has 0 aliphatic rings. The van der Waals surface area contributed by atoms with Crippen molar-refractivity contribution in [1.82, 2.24) is 10.2 Å². The number of ether oxygens (including phenoxy) is 2. The molecule has 21 heavy (non-hydrogen) atoms. The van der Waals surface area contributed by atoms with E-state index >= 15 is 0 Å². The van der Waals surface area contributed by atoms with Gasteiger partial charge in [0.1, 0.15) is 0 Å². The van der Waals surface area contributed by atoms with E-state index in [9.17, 15) is 9.59 Å². The molecular formula is C14H28N2O5. The molecule has 0 saturated heterocycles. The first kappa shape index (κ1) is 19.7. The molecule has 7 heteroatoms. The van der Waals surface area contributed by atoms with E-state index in [0.29, 0.717) is 32.6 Å². The number of amides is 2. The summed E-state index contributed by atoms with van der Waals surface area (Å²) < 4.78 is 10.1. The SMILES string of the molecule is COCCN(C(=O)NC(C)CCCC(=O)O)C(C)COC. The summed E-state index contributed by atoms with van der Waals surface area (Å²) in [6.45, 7) is 5.16. The number of methoxy groups -OCH3 is 2. The molecule has 0 bridgehead atoms. The minimum Gasteiger partial charge on any atom is -0.481 e. The molecule has 0 aliphatic heterocycles. The van der Waals surface area contributed by atoms with Crippen molar-refractivity contribution in [3.8, 4) is 0 Å². The van der Waals surface area contributed by atoms with Crippen LogP contribution in [0.5, 0.6) is 0 Å². The first-order valence-corrected chi connectivity index (χ1v) is 7.19. The van der Waals surface area contributed by atoms with E-state index < -0.39 is 5.97 Å². The molecule has 0 aromatic carbocycles. The summed E-state index contributed by atoms with van der Waals surface area (Å²) in [4.78, 5) is 24.4.